The molecule has 1 N–H and O–H groups in total. The van der Waals surface area contributed by atoms with E-state index in [1.54, 1.807) is 18.3 Å². The highest BCUT2D eigenvalue weighted by atomic mass is 32.2. The summed E-state index contributed by atoms with van der Waals surface area (Å²) in [5.74, 6) is 1.14. The summed E-state index contributed by atoms with van der Waals surface area (Å²) in [5.41, 5.74) is 2.74. The van der Waals surface area contributed by atoms with E-state index >= 15 is 0 Å². The Morgan fingerprint density at radius 1 is 1.06 bits per heavy atom. The van der Waals surface area contributed by atoms with Crippen molar-refractivity contribution < 1.29 is 26.7 Å². The highest BCUT2D eigenvalue weighted by molar-refractivity contribution is 7.86. The molecule has 0 amide bonds. The average Bonchev–Trinajstić information content (AvgIpc) is 3.32. The van der Waals surface area contributed by atoms with Gasteiger partial charge in [-0.3, -0.25) is 4.55 Å². The number of oxazole rings is 1. The molecule has 0 saturated heterocycles. The largest absolute Gasteiger partial charge is 0.495 e. The van der Waals surface area contributed by atoms with Gasteiger partial charge in [0.2, 0.25) is 11.4 Å². The SMILES string of the molecule is CCC[n+]1ccc(-c2ncc(-c3ccc4cc(OC)c(S(=O)(=O)O)cc4c3)o2)c2ccccc21. The van der Waals surface area contributed by atoms with E-state index < -0.39 is 10.1 Å². The second-order valence-corrected chi connectivity index (χ2v) is 9.40. The number of para-hydroxylation sites is 1. The summed E-state index contributed by atoms with van der Waals surface area (Å²) >= 11 is 0. The molecule has 0 radical (unpaired) electrons. The van der Waals surface area contributed by atoms with Crippen molar-refractivity contribution in [3.8, 4) is 28.5 Å². The van der Waals surface area contributed by atoms with E-state index in [0.29, 0.717) is 17.0 Å². The number of pyridine rings is 1. The van der Waals surface area contributed by atoms with Crippen molar-refractivity contribution in [3.05, 3.63) is 73.1 Å². The minimum absolute atomic E-state index is 0.0842. The van der Waals surface area contributed by atoms with Gasteiger partial charge in [-0.1, -0.05) is 31.2 Å². The monoisotopic (exact) mass is 475 g/mol. The number of ether oxygens (including phenoxy) is 1. The Hall–Kier alpha value is -3.75. The molecule has 5 aromatic rings. The van der Waals surface area contributed by atoms with Crippen molar-refractivity contribution in [2.75, 3.05) is 7.11 Å². The molecule has 2 heterocycles. The number of hydrogen-bond donors (Lipinski definition) is 1. The van der Waals surface area contributed by atoms with Crippen LogP contribution in [0.3, 0.4) is 0 Å². The van der Waals surface area contributed by atoms with E-state index in [9.17, 15) is 13.0 Å². The van der Waals surface area contributed by atoms with Gasteiger partial charge in [-0.15, -0.1) is 0 Å². The van der Waals surface area contributed by atoms with E-state index in [2.05, 4.69) is 28.6 Å². The van der Waals surface area contributed by atoms with Crippen LogP contribution in [0.1, 0.15) is 13.3 Å². The van der Waals surface area contributed by atoms with Crippen LogP contribution in [0.25, 0.3) is 44.5 Å². The van der Waals surface area contributed by atoms with Gasteiger partial charge in [0.1, 0.15) is 17.2 Å². The van der Waals surface area contributed by atoms with Gasteiger partial charge in [-0.2, -0.15) is 13.0 Å². The Bertz CT molecular complexity index is 1640. The number of aryl methyl sites for hydroxylation is 1. The van der Waals surface area contributed by atoms with Gasteiger partial charge >= 0.3 is 0 Å². The van der Waals surface area contributed by atoms with Crippen LogP contribution in [-0.2, 0) is 16.7 Å². The third kappa shape index (κ3) is 3.91. The summed E-state index contributed by atoms with van der Waals surface area (Å²) in [6, 6.07) is 18.7. The first-order chi connectivity index (χ1) is 16.4. The summed E-state index contributed by atoms with van der Waals surface area (Å²) in [4.78, 5) is 4.24. The Balaban J connectivity index is 1.59. The number of fused-ring (bicyclic) bond motifs is 2. The summed E-state index contributed by atoms with van der Waals surface area (Å²) in [6.45, 7) is 3.07. The van der Waals surface area contributed by atoms with Gasteiger partial charge in [0.05, 0.1) is 24.3 Å². The molecular weight excluding hydrogens is 452 g/mol. The predicted molar refractivity (Wildman–Crippen MR) is 129 cm³/mol. The van der Waals surface area contributed by atoms with Crippen LogP contribution in [0.15, 0.2) is 82.4 Å². The van der Waals surface area contributed by atoms with Crippen molar-refractivity contribution in [2.45, 2.75) is 24.8 Å². The zero-order valence-corrected chi connectivity index (χ0v) is 19.5. The van der Waals surface area contributed by atoms with Crippen molar-refractivity contribution in [2.24, 2.45) is 0 Å². The summed E-state index contributed by atoms with van der Waals surface area (Å²) in [5, 5.41) is 2.44. The zero-order chi connectivity index (χ0) is 23.9. The Labute approximate surface area is 197 Å². The minimum Gasteiger partial charge on any atom is -0.495 e. The molecule has 0 aliphatic rings. The van der Waals surface area contributed by atoms with Gasteiger partial charge in [0.25, 0.3) is 10.1 Å². The lowest BCUT2D eigenvalue weighted by Gasteiger charge is -2.09. The summed E-state index contributed by atoms with van der Waals surface area (Å²) < 4.78 is 46.6. The maximum atomic E-state index is 11.8. The molecule has 172 valence electrons. The van der Waals surface area contributed by atoms with Gasteiger partial charge in [-0.25, -0.2) is 4.98 Å². The first-order valence-electron chi connectivity index (χ1n) is 10.9. The average molecular weight is 476 g/mol. The smallest absolute Gasteiger partial charge is 0.298 e. The minimum atomic E-state index is -4.44. The number of rotatable bonds is 6. The Morgan fingerprint density at radius 3 is 2.65 bits per heavy atom. The summed E-state index contributed by atoms with van der Waals surface area (Å²) in [6.07, 6.45) is 4.74. The Kier molecular flexibility index (Phi) is 5.55. The molecule has 2 aromatic heterocycles. The molecule has 0 aliphatic carbocycles. The van der Waals surface area contributed by atoms with Crippen molar-refractivity contribution in [3.63, 3.8) is 0 Å². The molecule has 0 aliphatic heterocycles. The number of nitrogens with zero attached hydrogens (tertiary/aromatic N) is 2. The van der Waals surface area contributed by atoms with Crippen LogP contribution >= 0.6 is 0 Å². The van der Waals surface area contributed by atoms with Crippen LogP contribution in [0.4, 0.5) is 0 Å². The van der Waals surface area contributed by atoms with Gasteiger partial charge in [-0.05, 0) is 35.0 Å². The fourth-order valence-corrected chi connectivity index (χ4v) is 4.88. The van der Waals surface area contributed by atoms with Gasteiger partial charge in [0, 0.05) is 24.1 Å². The number of benzene rings is 3. The van der Waals surface area contributed by atoms with Crippen LogP contribution < -0.4 is 9.30 Å². The first kappa shape index (κ1) is 22.1. The molecule has 8 heteroatoms. The van der Waals surface area contributed by atoms with Crippen molar-refractivity contribution in [1.82, 2.24) is 4.98 Å². The highest BCUT2D eigenvalue weighted by Crippen LogP contribution is 2.34. The summed E-state index contributed by atoms with van der Waals surface area (Å²) in [7, 11) is -3.08. The maximum absolute atomic E-state index is 11.8. The lowest BCUT2D eigenvalue weighted by Crippen LogP contribution is -2.33. The fourth-order valence-electron chi connectivity index (χ4n) is 4.21. The fraction of sp³-hybridized carbons (Fsp3) is 0.154. The maximum Gasteiger partial charge on any atom is 0.298 e. The quantitative estimate of drug-likeness (QED) is 0.266. The zero-order valence-electron chi connectivity index (χ0n) is 18.7. The van der Waals surface area contributed by atoms with Crippen molar-refractivity contribution >= 4 is 31.8 Å². The molecular formula is C26H23N2O5S+. The molecule has 7 nitrogen and oxygen atoms in total. The molecule has 0 bridgehead atoms. The third-order valence-corrected chi connectivity index (χ3v) is 6.69. The lowest BCUT2D eigenvalue weighted by atomic mass is 10.1. The third-order valence-electron chi connectivity index (χ3n) is 5.81. The molecule has 0 saturated carbocycles. The lowest BCUT2D eigenvalue weighted by molar-refractivity contribution is -0.671. The molecule has 0 fully saturated rings. The number of aromatic nitrogens is 2. The second-order valence-electron chi connectivity index (χ2n) is 8.01. The number of hydrogen-bond acceptors (Lipinski definition) is 5. The first-order valence-corrected chi connectivity index (χ1v) is 12.3. The van der Waals surface area contributed by atoms with E-state index in [4.69, 9.17) is 9.15 Å². The van der Waals surface area contributed by atoms with Gasteiger partial charge in [0.15, 0.2) is 12.0 Å². The topological polar surface area (TPSA) is 93.5 Å². The molecule has 34 heavy (non-hydrogen) atoms. The van der Waals surface area contributed by atoms with Crippen LogP contribution in [0.5, 0.6) is 5.75 Å². The van der Waals surface area contributed by atoms with E-state index in [0.717, 1.165) is 40.4 Å². The van der Waals surface area contributed by atoms with Gasteiger partial charge < -0.3 is 9.15 Å². The predicted octanol–water partition coefficient (Wildman–Crippen LogP) is 5.27. The highest BCUT2D eigenvalue weighted by Gasteiger charge is 2.19. The molecule has 3 aromatic carbocycles. The molecule has 0 atom stereocenters. The van der Waals surface area contributed by atoms with Crippen LogP contribution in [0.2, 0.25) is 0 Å². The normalized spacial score (nSPS) is 11.9. The van der Waals surface area contributed by atoms with Crippen LogP contribution in [-0.4, -0.2) is 25.1 Å². The van der Waals surface area contributed by atoms with Crippen LogP contribution in [0, 0.1) is 0 Å². The standard InChI is InChI=1S/C26H22N2O5S/c1-3-11-28-12-10-21(20-6-4-5-7-22(20)28)26-27-16-24(33-26)18-9-8-17-14-23(32-2)25(34(29,30)31)15-19(17)13-18/h4-10,12-16H,3,11H2,1-2H3/p+1. The Morgan fingerprint density at radius 2 is 1.88 bits per heavy atom. The number of methoxy groups -OCH3 is 1. The van der Waals surface area contributed by atoms with Crippen molar-refractivity contribution in [1.29, 1.82) is 0 Å². The molecule has 5 rings (SSSR count). The molecule has 0 spiro atoms. The van der Waals surface area contributed by atoms with E-state index in [1.807, 2.05) is 36.5 Å². The second kappa shape index (κ2) is 8.55. The van der Waals surface area contributed by atoms with E-state index in [1.165, 1.54) is 13.2 Å². The molecule has 0 unspecified atom stereocenters. The van der Waals surface area contributed by atoms with E-state index in [-0.39, 0.29) is 10.6 Å².